The van der Waals surface area contributed by atoms with Gasteiger partial charge in [-0.25, -0.2) is 0 Å². The molecule has 18 heavy (non-hydrogen) atoms. The third kappa shape index (κ3) is 5.18. The van der Waals surface area contributed by atoms with Crippen LogP contribution in [-0.2, 0) is 9.59 Å². The average molecular weight is 316 g/mol. The molecule has 1 amide bonds. The standard InChI is InChI=1S/C12H14BrNO4/c1-12(2,7-11(16)17)14-10(15)6-4-8-3-5-9(13)18-8/h3-6H,7H2,1-2H3,(H,14,15)(H,16,17). The van der Waals surface area contributed by atoms with Crippen LogP contribution in [0.25, 0.3) is 6.08 Å². The van der Waals surface area contributed by atoms with Crippen molar-refractivity contribution in [3.8, 4) is 0 Å². The minimum atomic E-state index is -0.959. The van der Waals surface area contributed by atoms with Gasteiger partial charge in [-0.05, 0) is 48.0 Å². The molecule has 0 atom stereocenters. The number of furan rings is 1. The van der Waals surface area contributed by atoms with E-state index in [0.717, 1.165) is 0 Å². The number of carboxylic acid groups (broad SMARTS) is 1. The van der Waals surface area contributed by atoms with Crippen LogP contribution in [0.2, 0.25) is 0 Å². The second-order valence-corrected chi connectivity index (χ2v) is 5.20. The van der Waals surface area contributed by atoms with Crippen LogP contribution in [0.4, 0.5) is 0 Å². The maximum Gasteiger partial charge on any atom is 0.305 e. The number of carbonyl (C=O) groups is 2. The zero-order valence-corrected chi connectivity index (χ0v) is 11.7. The molecule has 1 aromatic heterocycles. The summed E-state index contributed by atoms with van der Waals surface area (Å²) in [6.07, 6.45) is 2.67. The van der Waals surface area contributed by atoms with Gasteiger partial charge in [0.2, 0.25) is 5.91 Å². The lowest BCUT2D eigenvalue weighted by atomic mass is 10.0. The maximum atomic E-state index is 11.6. The van der Waals surface area contributed by atoms with Gasteiger partial charge in [0.05, 0.1) is 6.42 Å². The SMILES string of the molecule is CC(C)(CC(=O)O)NC(=O)C=Cc1ccc(Br)o1. The quantitative estimate of drug-likeness (QED) is 0.818. The number of halogens is 1. The maximum absolute atomic E-state index is 11.6. The molecule has 98 valence electrons. The molecule has 1 heterocycles. The Bertz CT molecular complexity index is 476. The number of carboxylic acids is 1. The Morgan fingerprint density at radius 1 is 1.50 bits per heavy atom. The summed E-state index contributed by atoms with van der Waals surface area (Å²) in [5.74, 6) is -0.791. The molecule has 6 heteroatoms. The molecule has 0 saturated carbocycles. The molecule has 1 rings (SSSR count). The van der Waals surface area contributed by atoms with Gasteiger partial charge >= 0.3 is 5.97 Å². The summed E-state index contributed by atoms with van der Waals surface area (Å²) in [6.45, 7) is 3.30. The van der Waals surface area contributed by atoms with E-state index < -0.39 is 11.5 Å². The smallest absolute Gasteiger partial charge is 0.305 e. The van der Waals surface area contributed by atoms with Crippen LogP contribution in [0.1, 0.15) is 26.0 Å². The van der Waals surface area contributed by atoms with Crippen LogP contribution in [0.15, 0.2) is 27.3 Å². The lowest BCUT2D eigenvalue weighted by Crippen LogP contribution is -2.44. The first kappa shape index (κ1) is 14.5. The number of hydrogen-bond donors (Lipinski definition) is 2. The highest BCUT2D eigenvalue weighted by Crippen LogP contribution is 2.15. The molecular weight excluding hydrogens is 302 g/mol. The van der Waals surface area contributed by atoms with Crippen LogP contribution in [0.5, 0.6) is 0 Å². The molecule has 0 aliphatic heterocycles. The monoisotopic (exact) mass is 315 g/mol. The second-order valence-electron chi connectivity index (χ2n) is 4.42. The van der Waals surface area contributed by atoms with Gasteiger partial charge in [-0.3, -0.25) is 9.59 Å². The van der Waals surface area contributed by atoms with E-state index in [9.17, 15) is 9.59 Å². The summed E-state index contributed by atoms with van der Waals surface area (Å²) in [5, 5.41) is 11.3. The Kier molecular flexibility index (Phi) is 4.72. The van der Waals surface area contributed by atoms with Crippen LogP contribution in [0, 0.1) is 0 Å². The lowest BCUT2D eigenvalue weighted by molar-refractivity contribution is -0.138. The number of amides is 1. The first-order valence-corrected chi connectivity index (χ1v) is 6.05. The minimum absolute atomic E-state index is 0.140. The molecule has 0 saturated heterocycles. The van der Waals surface area contributed by atoms with E-state index in [0.29, 0.717) is 10.4 Å². The number of nitrogens with one attached hydrogen (secondary N) is 1. The molecule has 0 aromatic carbocycles. The van der Waals surface area contributed by atoms with Gasteiger partial charge in [-0.2, -0.15) is 0 Å². The van der Waals surface area contributed by atoms with Gasteiger partial charge in [0, 0.05) is 11.6 Å². The molecule has 1 aromatic rings. The van der Waals surface area contributed by atoms with Crippen LogP contribution < -0.4 is 5.32 Å². The Labute approximate surface area is 113 Å². The Morgan fingerprint density at radius 3 is 2.67 bits per heavy atom. The van der Waals surface area contributed by atoms with E-state index in [1.54, 1.807) is 26.0 Å². The van der Waals surface area contributed by atoms with E-state index in [2.05, 4.69) is 21.2 Å². The van der Waals surface area contributed by atoms with E-state index in [1.165, 1.54) is 12.2 Å². The number of carbonyl (C=O) groups excluding carboxylic acids is 1. The first-order valence-electron chi connectivity index (χ1n) is 5.26. The van der Waals surface area contributed by atoms with Gasteiger partial charge in [-0.1, -0.05) is 0 Å². The van der Waals surface area contributed by atoms with Crippen LogP contribution >= 0.6 is 15.9 Å². The molecule has 0 fully saturated rings. The highest BCUT2D eigenvalue weighted by atomic mass is 79.9. The Balaban J connectivity index is 2.56. The van der Waals surface area contributed by atoms with Gasteiger partial charge in [0.1, 0.15) is 5.76 Å². The highest BCUT2D eigenvalue weighted by Gasteiger charge is 2.22. The summed E-state index contributed by atoms with van der Waals surface area (Å²) in [6, 6.07) is 3.42. The average Bonchev–Trinajstić information content (AvgIpc) is 2.58. The third-order valence-corrected chi connectivity index (χ3v) is 2.47. The minimum Gasteiger partial charge on any atom is -0.481 e. The highest BCUT2D eigenvalue weighted by molar-refractivity contribution is 9.10. The number of hydrogen-bond acceptors (Lipinski definition) is 3. The summed E-state index contributed by atoms with van der Waals surface area (Å²) >= 11 is 3.15. The topological polar surface area (TPSA) is 79.5 Å². The van der Waals surface area contributed by atoms with Crippen molar-refractivity contribution >= 4 is 33.9 Å². The van der Waals surface area contributed by atoms with Crippen molar-refractivity contribution in [2.45, 2.75) is 25.8 Å². The predicted octanol–water partition coefficient (Wildman–Crippen LogP) is 2.42. The van der Waals surface area contributed by atoms with Gasteiger partial charge in [-0.15, -0.1) is 0 Å². The van der Waals surface area contributed by atoms with Crippen LogP contribution in [-0.4, -0.2) is 22.5 Å². The summed E-state index contributed by atoms with van der Waals surface area (Å²) in [7, 11) is 0. The Morgan fingerprint density at radius 2 is 2.17 bits per heavy atom. The van der Waals surface area contributed by atoms with E-state index >= 15 is 0 Å². The second kappa shape index (κ2) is 5.86. The molecule has 0 radical (unpaired) electrons. The van der Waals surface area contributed by atoms with Crippen molar-refractivity contribution in [3.63, 3.8) is 0 Å². The normalized spacial score (nSPS) is 11.7. The molecule has 0 bridgehead atoms. The zero-order chi connectivity index (χ0) is 13.8. The molecule has 5 nitrogen and oxygen atoms in total. The summed E-state index contributed by atoms with van der Waals surface area (Å²) < 4.78 is 5.76. The fourth-order valence-electron chi connectivity index (χ4n) is 1.37. The van der Waals surface area contributed by atoms with Crippen LogP contribution in [0.3, 0.4) is 0 Å². The molecule has 0 aliphatic rings. The molecule has 0 unspecified atom stereocenters. The molecule has 2 N–H and O–H groups in total. The third-order valence-electron chi connectivity index (χ3n) is 2.05. The van der Waals surface area contributed by atoms with Gasteiger partial charge < -0.3 is 14.8 Å². The molecular formula is C12H14BrNO4. The van der Waals surface area contributed by atoms with E-state index in [-0.39, 0.29) is 12.3 Å². The van der Waals surface area contributed by atoms with E-state index in [4.69, 9.17) is 9.52 Å². The van der Waals surface area contributed by atoms with Crippen molar-refractivity contribution in [3.05, 3.63) is 28.6 Å². The number of rotatable bonds is 5. The largest absolute Gasteiger partial charge is 0.481 e. The molecule has 0 aliphatic carbocycles. The van der Waals surface area contributed by atoms with Crippen molar-refractivity contribution in [1.82, 2.24) is 5.32 Å². The lowest BCUT2D eigenvalue weighted by Gasteiger charge is -2.23. The van der Waals surface area contributed by atoms with Crippen molar-refractivity contribution < 1.29 is 19.1 Å². The number of aliphatic carboxylic acids is 1. The van der Waals surface area contributed by atoms with Gasteiger partial charge in [0.25, 0.3) is 0 Å². The predicted molar refractivity (Wildman–Crippen MR) is 69.9 cm³/mol. The van der Waals surface area contributed by atoms with E-state index in [1.807, 2.05) is 0 Å². The van der Waals surface area contributed by atoms with Crippen molar-refractivity contribution in [1.29, 1.82) is 0 Å². The van der Waals surface area contributed by atoms with Gasteiger partial charge in [0.15, 0.2) is 4.67 Å². The van der Waals surface area contributed by atoms with Crippen molar-refractivity contribution in [2.75, 3.05) is 0 Å². The molecule has 0 spiro atoms. The van der Waals surface area contributed by atoms with Crippen molar-refractivity contribution in [2.24, 2.45) is 0 Å². The fraction of sp³-hybridized carbons (Fsp3) is 0.333. The first-order chi connectivity index (χ1) is 8.28. The Hall–Kier alpha value is -1.56. The summed E-state index contributed by atoms with van der Waals surface area (Å²) in [5.41, 5.74) is -0.795. The summed E-state index contributed by atoms with van der Waals surface area (Å²) in [4.78, 5) is 22.2. The zero-order valence-electron chi connectivity index (χ0n) is 10.1. The fourth-order valence-corrected chi connectivity index (χ4v) is 1.69.